The van der Waals surface area contributed by atoms with Crippen LogP contribution in [0.3, 0.4) is 0 Å². The standard InChI is InChI=1S/C11H19N3O4/c1-3-14(4-2)8(15)7-12-10(18)13-11(5-6-11)9(16)17/h3-7H2,1-2H3,(H,16,17)(H2,12,13,18). The summed E-state index contributed by atoms with van der Waals surface area (Å²) >= 11 is 0. The number of likely N-dealkylation sites (N-methyl/N-ethyl adjacent to an activating group) is 1. The van der Waals surface area contributed by atoms with E-state index >= 15 is 0 Å². The van der Waals surface area contributed by atoms with E-state index in [1.807, 2.05) is 13.8 Å². The summed E-state index contributed by atoms with van der Waals surface area (Å²) in [5.74, 6) is -1.22. The lowest BCUT2D eigenvalue weighted by Crippen LogP contribution is -2.50. The molecule has 0 saturated heterocycles. The van der Waals surface area contributed by atoms with Crippen molar-refractivity contribution in [3.05, 3.63) is 0 Å². The maximum atomic E-state index is 11.6. The molecule has 3 N–H and O–H groups in total. The first-order chi connectivity index (χ1) is 8.45. The minimum atomic E-state index is -1.12. The van der Waals surface area contributed by atoms with Crippen molar-refractivity contribution in [2.24, 2.45) is 0 Å². The van der Waals surface area contributed by atoms with Gasteiger partial charge in [-0.1, -0.05) is 0 Å². The highest BCUT2D eigenvalue weighted by molar-refractivity contribution is 5.90. The molecule has 3 amide bonds. The second-order valence-electron chi connectivity index (χ2n) is 4.26. The highest BCUT2D eigenvalue weighted by atomic mass is 16.4. The lowest BCUT2D eigenvalue weighted by atomic mass is 10.3. The number of hydrogen-bond acceptors (Lipinski definition) is 3. The van der Waals surface area contributed by atoms with Crippen LogP contribution >= 0.6 is 0 Å². The highest BCUT2D eigenvalue weighted by Gasteiger charge is 2.51. The van der Waals surface area contributed by atoms with E-state index < -0.39 is 17.5 Å². The summed E-state index contributed by atoms with van der Waals surface area (Å²) in [6.07, 6.45) is 0.861. The van der Waals surface area contributed by atoms with E-state index in [0.29, 0.717) is 25.9 Å². The van der Waals surface area contributed by atoms with Crippen LogP contribution in [-0.2, 0) is 9.59 Å². The van der Waals surface area contributed by atoms with Gasteiger partial charge < -0.3 is 20.6 Å². The van der Waals surface area contributed by atoms with Gasteiger partial charge in [-0.15, -0.1) is 0 Å². The lowest BCUT2D eigenvalue weighted by molar-refractivity contribution is -0.140. The molecule has 0 heterocycles. The predicted octanol–water partition coefficient (Wildman–Crippen LogP) is -0.229. The fourth-order valence-electron chi connectivity index (χ4n) is 1.62. The molecule has 1 aliphatic rings. The summed E-state index contributed by atoms with van der Waals surface area (Å²) in [5.41, 5.74) is -1.12. The van der Waals surface area contributed by atoms with Crippen molar-refractivity contribution < 1.29 is 19.5 Å². The first kappa shape index (κ1) is 14.3. The van der Waals surface area contributed by atoms with Gasteiger partial charge in [-0.05, 0) is 26.7 Å². The fraction of sp³-hybridized carbons (Fsp3) is 0.727. The van der Waals surface area contributed by atoms with Gasteiger partial charge in [0.1, 0.15) is 5.54 Å². The molecular weight excluding hydrogens is 238 g/mol. The number of hydrogen-bond donors (Lipinski definition) is 3. The van der Waals surface area contributed by atoms with Gasteiger partial charge in [-0.3, -0.25) is 4.79 Å². The molecule has 7 heteroatoms. The summed E-state index contributed by atoms with van der Waals surface area (Å²) in [7, 11) is 0. The van der Waals surface area contributed by atoms with E-state index in [2.05, 4.69) is 10.6 Å². The minimum absolute atomic E-state index is 0.122. The second-order valence-corrected chi connectivity index (χ2v) is 4.26. The number of aliphatic carboxylic acids is 1. The zero-order chi connectivity index (χ0) is 13.8. The topological polar surface area (TPSA) is 98.7 Å². The van der Waals surface area contributed by atoms with Crippen LogP contribution in [0.4, 0.5) is 4.79 Å². The lowest BCUT2D eigenvalue weighted by Gasteiger charge is -2.19. The smallest absolute Gasteiger partial charge is 0.329 e. The van der Waals surface area contributed by atoms with Crippen LogP contribution < -0.4 is 10.6 Å². The molecule has 1 rings (SSSR count). The fourth-order valence-corrected chi connectivity index (χ4v) is 1.62. The van der Waals surface area contributed by atoms with Crippen LogP contribution in [0.1, 0.15) is 26.7 Å². The molecule has 0 aromatic heterocycles. The molecule has 0 atom stereocenters. The Morgan fingerprint density at radius 3 is 2.17 bits per heavy atom. The number of nitrogens with zero attached hydrogens (tertiary/aromatic N) is 1. The number of carbonyl (C=O) groups excluding carboxylic acids is 2. The Kier molecular flexibility index (Phi) is 4.52. The Labute approximate surface area is 106 Å². The van der Waals surface area contributed by atoms with Gasteiger partial charge in [0, 0.05) is 13.1 Å². The van der Waals surface area contributed by atoms with E-state index in [9.17, 15) is 14.4 Å². The molecule has 0 unspecified atom stereocenters. The van der Waals surface area contributed by atoms with Crippen LogP contribution in [0.2, 0.25) is 0 Å². The summed E-state index contributed by atoms with van der Waals surface area (Å²) in [6, 6.07) is -0.615. The van der Waals surface area contributed by atoms with Crippen molar-refractivity contribution >= 4 is 17.9 Å². The van der Waals surface area contributed by atoms with E-state index in [1.54, 1.807) is 4.90 Å². The number of carboxylic acid groups (broad SMARTS) is 1. The van der Waals surface area contributed by atoms with E-state index in [4.69, 9.17) is 5.11 Å². The molecule has 0 radical (unpaired) electrons. The average molecular weight is 257 g/mol. The third kappa shape index (κ3) is 3.35. The van der Waals surface area contributed by atoms with Gasteiger partial charge in [-0.2, -0.15) is 0 Å². The van der Waals surface area contributed by atoms with Crippen molar-refractivity contribution in [3.63, 3.8) is 0 Å². The second kappa shape index (κ2) is 5.70. The molecule has 102 valence electrons. The maximum Gasteiger partial charge on any atom is 0.329 e. The molecule has 0 aromatic rings. The van der Waals surface area contributed by atoms with E-state index in [-0.39, 0.29) is 12.5 Å². The molecule has 0 bridgehead atoms. The normalized spacial score (nSPS) is 15.7. The Hall–Kier alpha value is -1.79. The largest absolute Gasteiger partial charge is 0.480 e. The SMILES string of the molecule is CCN(CC)C(=O)CNC(=O)NC1(C(=O)O)CC1. The van der Waals surface area contributed by atoms with E-state index in [1.165, 1.54) is 0 Å². The summed E-state index contributed by atoms with van der Waals surface area (Å²) in [6.45, 7) is 4.74. The molecule has 0 aromatic carbocycles. The van der Waals surface area contributed by atoms with Gasteiger partial charge >= 0.3 is 12.0 Å². The Morgan fingerprint density at radius 1 is 1.22 bits per heavy atom. The molecule has 0 spiro atoms. The number of carboxylic acids is 1. The molecule has 7 nitrogen and oxygen atoms in total. The molecule has 18 heavy (non-hydrogen) atoms. The Balaban J connectivity index is 2.34. The summed E-state index contributed by atoms with van der Waals surface area (Å²) in [4.78, 5) is 35.5. The Bertz CT molecular complexity index is 348. The van der Waals surface area contributed by atoms with Gasteiger partial charge in [0.15, 0.2) is 0 Å². The van der Waals surface area contributed by atoms with Gasteiger partial charge in [0.2, 0.25) is 5.91 Å². The van der Waals surface area contributed by atoms with Gasteiger partial charge in [0.05, 0.1) is 6.54 Å². The highest BCUT2D eigenvalue weighted by Crippen LogP contribution is 2.35. The number of urea groups is 1. The molecule has 1 aliphatic carbocycles. The Morgan fingerprint density at radius 2 is 1.78 bits per heavy atom. The van der Waals surface area contributed by atoms with Crippen LogP contribution in [0.5, 0.6) is 0 Å². The average Bonchev–Trinajstić information content (AvgIpc) is 3.09. The molecule has 1 fully saturated rings. The van der Waals surface area contributed by atoms with Crippen molar-refractivity contribution in [3.8, 4) is 0 Å². The van der Waals surface area contributed by atoms with Crippen LogP contribution in [0.25, 0.3) is 0 Å². The molecule has 0 aliphatic heterocycles. The number of nitrogens with one attached hydrogen (secondary N) is 2. The third-order valence-corrected chi connectivity index (χ3v) is 3.03. The van der Waals surface area contributed by atoms with Gasteiger partial charge in [-0.25, -0.2) is 9.59 Å². The van der Waals surface area contributed by atoms with Crippen molar-refractivity contribution in [1.29, 1.82) is 0 Å². The first-order valence-corrected chi connectivity index (χ1v) is 6.02. The summed E-state index contributed by atoms with van der Waals surface area (Å²) in [5, 5.41) is 13.6. The number of rotatable bonds is 6. The third-order valence-electron chi connectivity index (χ3n) is 3.03. The quantitative estimate of drug-likeness (QED) is 0.612. The molecular formula is C11H19N3O4. The van der Waals surface area contributed by atoms with Crippen molar-refractivity contribution in [1.82, 2.24) is 15.5 Å². The maximum absolute atomic E-state index is 11.6. The van der Waals surface area contributed by atoms with E-state index in [0.717, 1.165) is 0 Å². The number of carbonyl (C=O) groups is 3. The monoisotopic (exact) mass is 257 g/mol. The van der Waals surface area contributed by atoms with Crippen molar-refractivity contribution in [2.75, 3.05) is 19.6 Å². The van der Waals surface area contributed by atoms with Crippen LogP contribution in [-0.4, -0.2) is 53.1 Å². The van der Waals surface area contributed by atoms with Crippen LogP contribution in [0.15, 0.2) is 0 Å². The summed E-state index contributed by atoms with van der Waals surface area (Å²) < 4.78 is 0. The van der Waals surface area contributed by atoms with Crippen molar-refractivity contribution in [2.45, 2.75) is 32.2 Å². The number of amides is 3. The first-order valence-electron chi connectivity index (χ1n) is 6.02. The van der Waals surface area contributed by atoms with Crippen LogP contribution in [0, 0.1) is 0 Å². The molecule has 1 saturated carbocycles. The minimum Gasteiger partial charge on any atom is -0.480 e. The predicted molar refractivity (Wildman–Crippen MR) is 64.1 cm³/mol. The zero-order valence-electron chi connectivity index (χ0n) is 10.7. The zero-order valence-corrected chi connectivity index (χ0v) is 10.7. The van der Waals surface area contributed by atoms with Gasteiger partial charge in [0.25, 0.3) is 0 Å².